The standard InChI is InChI=1S/C17H28N2O3S/c1-5-8-15(3)18-17(20)11-7-12-19(23(4,21)22)16-10-6-9-14(2)13-16/h6,9-10,13,15H,5,7-8,11-12H2,1-4H3,(H,18,20)/t15-/m0/s1. The number of amides is 1. The first kappa shape index (κ1) is 19.5. The zero-order valence-corrected chi connectivity index (χ0v) is 15.3. The zero-order valence-electron chi connectivity index (χ0n) is 14.5. The van der Waals surface area contributed by atoms with Crippen LogP contribution in [0.25, 0.3) is 0 Å². The van der Waals surface area contributed by atoms with Crippen molar-refractivity contribution in [1.82, 2.24) is 5.32 Å². The Morgan fingerprint density at radius 2 is 2.04 bits per heavy atom. The number of benzene rings is 1. The first-order valence-electron chi connectivity index (χ1n) is 8.07. The molecule has 0 aliphatic carbocycles. The Kier molecular flexibility index (Phi) is 7.55. The SMILES string of the molecule is CCC[C@H](C)NC(=O)CCCN(c1cccc(C)c1)S(C)(=O)=O. The molecule has 0 saturated heterocycles. The van der Waals surface area contributed by atoms with Gasteiger partial charge in [0.1, 0.15) is 0 Å². The summed E-state index contributed by atoms with van der Waals surface area (Å²) in [5.41, 5.74) is 1.65. The first-order chi connectivity index (χ1) is 10.7. The molecular formula is C17H28N2O3S. The minimum absolute atomic E-state index is 0.0244. The number of hydrogen-bond acceptors (Lipinski definition) is 3. The Morgan fingerprint density at radius 1 is 1.35 bits per heavy atom. The molecule has 0 unspecified atom stereocenters. The third-order valence-corrected chi connectivity index (χ3v) is 4.78. The molecule has 0 aliphatic heterocycles. The Hall–Kier alpha value is -1.56. The molecule has 0 aromatic heterocycles. The predicted octanol–water partition coefficient (Wildman–Crippen LogP) is 2.85. The lowest BCUT2D eigenvalue weighted by atomic mass is 10.2. The van der Waals surface area contributed by atoms with Crippen molar-refractivity contribution in [2.24, 2.45) is 0 Å². The van der Waals surface area contributed by atoms with Crippen LogP contribution in [0.4, 0.5) is 5.69 Å². The molecule has 6 heteroatoms. The molecule has 0 spiro atoms. The Balaban J connectivity index is 2.62. The topological polar surface area (TPSA) is 66.5 Å². The van der Waals surface area contributed by atoms with Crippen LogP contribution in [0.2, 0.25) is 0 Å². The minimum atomic E-state index is -3.36. The van der Waals surface area contributed by atoms with Gasteiger partial charge in [-0.05, 0) is 44.4 Å². The van der Waals surface area contributed by atoms with Crippen LogP contribution in [0.15, 0.2) is 24.3 Å². The van der Waals surface area contributed by atoms with Crippen molar-refractivity contribution in [1.29, 1.82) is 0 Å². The molecular weight excluding hydrogens is 312 g/mol. The lowest BCUT2D eigenvalue weighted by Crippen LogP contribution is -2.34. The van der Waals surface area contributed by atoms with E-state index in [1.54, 1.807) is 6.07 Å². The van der Waals surface area contributed by atoms with Crippen LogP contribution < -0.4 is 9.62 Å². The number of anilines is 1. The van der Waals surface area contributed by atoms with Crippen LogP contribution in [-0.2, 0) is 14.8 Å². The lowest BCUT2D eigenvalue weighted by Gasteiger charge is -2.23. The fraction of sp³-hybridized carbons (Fsp3) is 0.588. The largest absolute Gasteiger partial charge is 0.354 e. The third kappa shape index (κ3) is 7.03. The zero-order chi connectivity index (χ0) is 17.5. The van der Waals surface area contributed by atoms with Gasteiger partial charge in [0.25, 0.3) is 0 Å². The number of nitrogens with zero attached hydrogens (tertiary/aromatic N) is 1. The molecule has 0 fully saturated rings. The molecule has 130 valence electrons. The molecule has 1 N–H and O–H groups in total. The van der Waals surface area contributed by atoms with E-state index in [0.29, 0.717) is 25.1 Å². The van der Waals surface area contributed by atoms with E-state index in [0.717, 1.165) is 18.4 Å². The number of carbonyl (C=O) groups excluding carboxylic acids is 1. The van der Waals surface area contributed by atoms with E-state index >= 15 is 0 Å². The molecule has 23 heavy (non-hydrogen) atoms. The van der Waals surface area contributed by atoms with Gasteiger partial charge in [0.05, 0.1) is 11.9 Å². The third-order valence-electron chi connectivity index (χ3n) is 3.58. The summed E-state index contributed by atoms with van der Waals surface area (Å²) in [6.45, 7) is 6.29. The van der Waals surface area contributed by atoms with E-state index < -0.39 is 10.0 Å². The number of sulfonamides is 1. The number of aryl methyl sites for hydroxylation is 1. The summed E-state index contributed by atoms with van der Waals surface area (Å²) >= 11 is 0. The molecule has 0 bridgehead atoms. The maximum absolute atomic E-state index is 12.0. The van der Waals surface area contributed by atoms with Gasteiger partial charge in [-0.3, -0.25) is 9.10 Å². The fourth-order valence-electron chi connectivity index (χ4n) is 2.50. The highest BCUT2D eigenvalue weighted by molar-refractivity contribution is 7.92. The normalized spacial score (nSPS) is 12.7. The highest BCUT2D eigenvalue weighted by atomic mass is 32.2. The summed E-state index contributed by atoms with van der Waals surface area (Å²) in [6, 6.07) is 7.53. The highest BCUT2D eigenvalue weighted by Gasteiger charge is 2.17. The average Bonchev–Trinajstić information content (AvgIpc) is 2.42. The Bertz CT molecular complexity index is 614. The van der Waals surface area contributed by atoms with Gasteiger partial charge in [-0.25, -0.2) is 8.42 Å². The monoisotopic (exact) mass is 340 g/mol. The number of rotatable bonds is 9. The van der Waals surface area contributed by atoms with Gasteiger partial charge < -0.3 is 5.32 Å². The quantitative estimate of drug-likeness (QED) is 0.752. The maximum Gasteiger partial charge on any atom is 0.232 e. The second-order valence-electron chi connectivity index (χ2n) is 6.03. The Labute approximate surface area is 140 Å². The van der Waals surface area contributed by atoms with Gasteiger partial charge in [-0.15, -0.1) is 0 Å². The summed E-state index contributed by atoms with van der Waals surface area (Å²) in [7, 11) is -3.36. The molecule has 5 nitrogen and oxygen atoms in total. The van der Waals surface area contributed by atoms with Crippen molar-refractivity contribution in [3.8, 4) is 0 Å². The van der Waals surface area contributed by atoms with Gasteiger partial charge in [0.2, 0.25) is 15.9 Å². The summed E-state index contributed by atoms with van der Waals surface area (Å²) < 4.78 is 25.4. The van der Waals surface area contributed by atoms with E-state index in [2.05, 4.69) is 12.2 Å². The Morgan fingerprint density at radius 3 is 2.61 bits per heavy atom. The van der Waals surface area contributed by atoms with E-state index in [-0.39, 0.29) is 11.9 Å². The molecule has 0 radical (unpaired) electrons. The van der Waals surface area contributed by atoms with Crippen molar-refractivity contribution in [2.45, 2.75) is 52.5 Å². The molecule has 1 aromatic rings. The molecule has 0 heterocycles. The fourth-order valence-corrected chi connectivity index (χ4v) is 3.46. The van der Waals surface area contributed by atoms with Crippen LogP contribution in [0, 0.1) is 6.92 Å². The van der Waals surface area contributed by atoms with Crippen molar-refractivity contribution in [3.05, 3.63) is 29.8 Å². The van der Waals surface area contributed by atoms with Gasteiger partial charge in [-0.1, -0.05) is 25.5 Å². The number of carbonyl (C=O) groups is 1. The van der Waals surface area contributed by atoms with Crippen molar-refractivity contribution >= 4 is 21.6 Å². The maximum atomic E-state index is 12.0. The van der Waals surface area contributed by atoms with Crippen molar-refractivity contribution < 1.29 is 13.2 Å². The van der Waals surface area contributed by atoms with E-state index in [9.17, 15) is 13.2 Å². The number of hydrogen-bond donors (Lipinski definition) is 1. The summed E-state index contributed by atoms with van der Waals surface area (Å²) in [4.78, 5) is 11.9. The summed E-state index contributed by atoms with van der Waals surface area (Å²) in [5, 5.41) is 2.94. The average molecular weight is 340 g/mol. The molecule has 0 saturated carbocycles. The lowest BCUT2D eigenvalue weighted by molar-refractivity contribution is -0.121. The van der Waals surface area contributed by atoms with Gasteiger partial charge in [-0.2, -0.15) is 0 Å². The van der Waals surface area contributed by atoms with E-state index in [1.165, 1.54) is 10.6 Å². The van der Waals surface area contributed by atoms with Crippen LogP contribution >= 0.6 is 0 Å². The second kappa shape index (κ2) is 8.91. The first-order valence-corrected chi connectivity index (χ1v) is 9.92. The summed E-state index contributed by atoms with van der Waals surface area (Å²) in [5.74, 6) is -0.0244. The van der Waals surface area contributed by atoms with Gasteiger partial charge in [0, 0.05) is 19.0 Å². The molecule has 0 aliphatic rings. The molecule has 1 amide bonds. The predicted molar refractivity (Wildman–Crippen MR) is 95.1 cm³/mol. The molecule has 1 atom stereocenters. The van der Waals surface area contributed by atoms with E-state index in [4.69, 9.17) is 0 Å². The van der Waals surface area contributed by atoms with Crippen LogP contribution in [0.3, 0.4) is 0 Å². The molecule has 1 aromatic carbocycles. The highest BCUT2D eigenvalue weighted by Crippen LogP contribution is 2.19. The minimum Gasteiger partial charge on any atom is -0.354 e. The van der Waals surface area contributed by atoms with E-state index in [1.807, 2.05) is 32.0 Å². The van der Waals surface area contributed by atoms with Gasteiger partial charge >= 0.3 is 0 Å². The van der Waals surface area contributed by atoms with Crippen molar-refractivity contribution in [2.75, 3.05) is 17.1 Å². The van der Waals surface area contributed by atoms with Gasteiger partial charge in [0.15, 0.2) is 0 Å². The van der Waals surface area contributed by atoms with Crippen molar-refractivity contribution in [3.63, 3.8) is 0 Å². The van der Waals surface area contributed by atoms with Crippen LogP contribution in [-0.4, -0.2) is 33.2 Å². The number of nitrogens with one attached hydrogen (secondary N) is 1. The second-order valence-corrected chi connectivity index (χ2v) is 7.94. The van der Waals surface area contributed by atoms with Crippen LogP contribution in [0.5, 0.6) is 0 Å². The van der Waals surface area contributed by atoms with Crippen LogP contribution in [0.1, 0.15) is 45.1 Å². The smallest absolute Gasteiger partial charge is 0.232 e. The summed E-state index contributed by atoms with van der Waals surface area (Å²) in [6.07, 6.45) is 3.98. The molecule has 1 rings (SSSR count).